The van der Waals surface area contributed by atoms with Crippen LogP contribution in [-0.2, 0) is 16.0 Å². The van der Waals surface area contributed by atoms with Gasteiger partial charge in [0.05, 0.1) is 39.7 Å². The highest BCUT2D eigenvalue weighted by Crippen LogP contribution is 2.35. The molecule has 1 N–H and O–H groups in total. The Bertz CT molecular complexity index is 1570. The van der Waals surface area contributed by atoms with E-state index in [9.17, 15) is 18.4 Å². The Balaban J connectivity index is 1.23. The van der Waals surface area contributed by atoms with E-state index in [2.05, 4.69) is 15.6 Å². The minimum Gasteiger partial charge on any atom is -0.490 e. The zero-order chi connectivity index (χ0) is 28.6. The first-order valence-electron chi connectivity index (χ1n) is 13.2. The number of pyridine rings is 1. The van der Waals surface area contributed by atoms with E-state index in [0.717, 1.165) is 16.8 Å². The van der Waals surface area contributed by atoms with Gasteiger partial charge in [-0.05, 0) is 57.4 Å². The number of halogens is 3. The zero-order valence-corrected chi connectivity index (χ0v) is 23.2. The number of aromatic nitrogens is 2. The van der Waals surface area contributed by atoms with E-state index in [4.69, 9.17) is 21.4 Å². The molecule has 0 spiro atoms. The summed E-state index contributed by atoms with van der Waals surface area (Å²) in [5.74, 6) is -2.77. The van der Waals surface area contributed by atoms with Crippen molar-refractivity contribution in [1.82, 2.24) is 20.0 Å². The fourth-order valence-corrected chi connectivity index (χ4v) is 5.04. The molecule has 9 nitrogen and oxygen atoms in total. The summed E-state index contributed by atoms with van der Waals surface area (Å²) in [4.78, 5) is 24.5. The number of aryl methyl sites for hydroxylation is 1. The monoisotopic (exact) mass is 570 g/mol. The van der Waals surface area contributed by atoms with Crippen molar-refractivity contribution in [3.05, 3.63) is 63.9 Å². The lowest BCUT2D eigenvalue weighted by molar-refractivity contribution is -0.135. The van der Waals surface area contributed by atoms with Gasteiger partial charge in [0, 0.05) is 36.7 Å². The summed E-state index contributed by atoms with van der Waals surface area (Å²) in [5, 5.41) is 15.2. The smallest absolute Gasteiger partial charge is 0.254 e. The molecule has 0 atom stereocenters. The summed E-state index contributed by atoms with van der Waals surface area (Å²) < 4.78 is 36.5. The van der Waals surface area contributed by atoms with E-state index >= 15 is 0 Å². The fourth-order valence-electron chi connectivity index (χ4n) is 4.89. The largest absolute Gasteiger partial charge is 0.490 e. The number of amides is 2. The van der Waals surface area contributed by atoms with Crippen molar-refractivity contribution in [2.45, 2.75) is 52.9 Å². The summed E-state index contributed by atoms with van der Waals surface area (Å²) in [6.45, 7) is 6.18. The summed E-state index contributed by atoms with van der Waals surface area (Å²) in [5.41, 5.74) is 4.86. The number of carbonyl (C=O) groups excluding carboxylic acids is 2. The highest BCUT2D eigenvalue weighted by molar-refractivity contribution is 6.30. The van der Waals surface area contributed by atoms with Crippen molar-refractivity contribution in [3.63, 3.8) is 0 Å². The number of nitrogens with one attached hydrogen (secondary N) is 1. The maximum absolute atomic E-state index is 14.6. The van der Waals surface area contributed by atoms with Crippen LogP contribution >= 0.6 is 11.6 Å². The molecule has 5 rings (SSSR count). The zero-order valence-electron chi connectivity index (χ0n) is 22.4. The number of hydrogen-bond donors (Lipinski definition) is 1. The first kappa shape index (κ1) is 27.7. The summed E-state index contributed by atoms with van der Waals surface area (Å²) >= 11 is 6.15. The minimum absolute atomic E-state index is 0.00537. The van der Waals surface area contributed by atoms with Gasteiger partial charge in [-0.15, -0.1) is 0 Å². The highest BCUT2D eigenvalue weighted by atomic mass is 35.5. The predicted octanol–water partition coefficient (Wildman–Crippen LogP) is 4.87. The molecule has 2 amide bonds. The molecule has 210 valence electrons. The van der Waals surface area contributed by atoms with Crippen LogP contribution in [0.15, 0.2) is 40.7 Å². The molecule has 40 heavy (non-hydrogen) atoms. The summed E-state index contributed by atoms with van der Waals surface area (Å²) in [6, 6.07) is 6.41. The lowest BCUT2D eigenvalue weighted by Gasteiger charge is -2.19. The van der Waals surface area contributed by atoms with Crippen LogP contribution in [-0.4, -0.2) is 51.0 Å². The Morgan fingerprint density at radius 2 is 1.90 bits per heavy atom. The molecular formula is C28H29ClF2N6O3. The van der Waals surface area contributed by atoms with Crippen LogP contribution in [0.2, 0.25) is 5.02 Å². The molecule has 0 saturated carbocycles. The van der Waals surface area contributed by atoms with Gasteiger partial charge in [0.25, 0.3) is 5.91 Å². The minimum atomic E-state index is -1.11. The van der Waals surface area contributed by atoms with Gasteiger partial charge in [0.15, 0.2) is 11.6 Å². The molecule has 2 aliphatic heterocycles. The van der Waals surface area contributed by atoms with Crippen LogP contribution in [0.3, 0.4) is 0 Å². The Labute approximate surface area is 234 Å². The lowest BCUT2D eigenvalue weighted by atomic mass is 9.82. The van der Waals surface area contributed by atoms with Gasteiger partial charge in [0.1, 0.15) is 0 Å². The van der Waals surface area contributed by atoms with Gasteiger partial charge in [0.2, 0.25) is 11.7 Å². The number of unbranched alkanes of at least 4 members (excludes halogenated alkanes) is 1. The number of hydrogen-bond acceptors (Lipinski definition) is 6. The van der Waals surface area contributed by atoms with Gasteiger partial charge in [-0.2, -0.15) is 19.7 Å². The van der Waals surface area contributed by atoms with Crippen LogP contribution < -0.4 is 10.2 Å². The average molecular weight is 571 g/mol. The first-order valence-corrected chi connectivity index (χ1v) is 13.5. The normalized spacial score (nSPS) is 16.8. The number of rotatable bonds is 9. The number of nitrogens with zero attached hydrogens (tertiary/aromatic N) is 5. The second-order valence-electron chi connectivity index (χ2n) is 10.2. The van der Waals surface area contributed by atoms with E-state index in [-0.39, 0.29) is 48.3 Å². The van der Waals surface area contributed by atoms with Gasteiger partial charge in [-0.3, -0.25) is 9.59 Å². The average Bonchev–Trinajstić information content (AvgIpc) is 3.39. The van der Waals surface area contributed by atoms with Crippen LogP contribution in [0.4, 0.5) is 8.78 Å². The van der Waals surface area contributed by atoms with Gasteiger partial charge < -0.3 is 4.74 Å². The maximum atomic E-state index is 14.6. The second kappa shape index (κ2) is 11.0. The third kappa shape index (κ3) is 5.05. The van der Waals surface area contributed by atoms with Crippen LogP contribution in [0.25, 0.3) is 5.52 Å². The van der Waals surface area contributed by atoms with Gasteiger partial charge >= 0.3 is 0 Å². The summed E-state index contributed by atoms with van der Waals surface area (Å²) in [7, 11) is 0. The highest BCUT2D eigenvalue weighted by Gasteiger charge is 2.45. The molecule has 0 unspecified atom stereocenters. The number of carbonyl (C=O) groups is 2. The molecule has 4 heterocycles. The number of benzene rings is 1. The molecule has 12 heteroatoms. The van der Waals surface area contributed by atoms with Crippen molar-refractivity contribution < 1.29 is 23.1 Å². The molecule has 1 aromatic carbocycles. The Kier molecular flexibility index (Phi) is 7.59. The Morgan fingerprint density at radius 1 is 1.10 bits per heavy atom. The number of fused-ring (bicyclic) bond motifs is 1. The van der Waals surface area contributed by atoms with Crippen molar-refractivity contribution >= 4 is 40.4 Å². The molecule has 2 aliphatic rings. The lowest BCUT2D eigenvalue weighted by Crippen LogP contribution is -2.35. The third-order valence-corrected chi connectivity index (χ3v) is 7.33. The van der Waals surface area contributed by atoms with E-state index in [0.29, 0.717) is 36.5 Å². The topological polar surface area (TPSA) is 101 Å². The van der Waals surface area contributed by atoms with Crippen molar-refractivity contribution in [3.8, 4) is 5.75 Å². The fraction of sp³-hybridized carbons (Fsp3) is 0.393. The van der Waals surface area contributed by atoms with Crippen LogP contribution in [0, 0.1) is 17.0 Å². The van der Waals surface area contributed by atoms with Crippen LogP contribution in [0.1, 0.15) is 63.3 Å². The van der Waals surface area contributed by atoms with E-state index in [1.54, 1.807) is 16.8 Å². The van der Waals surface area contributed by atoms with Crippen molar-refractivity contribution in [2.24, 2.45) is 15.6 Å². The predicted molar refractivity (Wildman–Crippen MR) is 147 cm³/mol. The number of hydrazone groups is 2. The molecule has 0 saturated heterocycles. The van der Waals surface area contributed by atoms with Gasteiger partial charge in [-0.25, -0.2) is 19.3 Å². The Morgan fingerprint density at radius 3 is 2.62 bits per heavy atom. The standard InChI is InChI=1S/C28H29ClF2N6O3/c1-4-18-23(20-10-7-16(29)15-37(20)34-18)26-28(2,3)27(39)36(35-26)13-5-6-14-40-21-11-8-17(24(30)25(21)31)19-9-12-22(38)33-32-19/h7-8,10-11,15H,4-6,9,12-14H2,1-3H3,(H,33,38). The quantitative estimate of drug-likeness (QED) is 0.371. The van der Waals surface area contributed by atoms with Crippen molar-refractivity contribution in [2.75, 3.05) is 13.2 Å². The van der Waals surface area contributed by atoms with Crippen molar-refractivity contribution in [1.29, 1.82) is 0 Å². The molecule has 0 aliphatic carbocycles. The molecule has 3 aromatic rings. The first-order chi connectivity index (χ1) is 19.1. The van der Waals surface area contributed by atoms with Gasteiger partial charge in [-0.1, -0.05) is 18.5 Å². The van der Waals surface area contributed by atoms with Crippen LogP contribution in [0.5, 0.6) is 5.75 Å². The Hall–Kier alpha value is -3.86. The molecule has 0 radical (unpaired) electrons. The molecule has 0 bridgehead atoms. The van der Waals surface area contributed by atoms with E-state index < -0.39 is 17.0 Å². The summed E-state index contributed by atoms with van der Waals surface area (Å²) in [6.07, 6.45) is 3.82. The molecular weight excluding hydrogens is 542 g/mol. The third-order valence-electron chi connectivity index (χ3n) is 7.10. The van der Waals surface area contributed by atoms with E-state index in [1.165, 1.54) is 17.1 Å². The second-order valence-corrected chi connectivity index (χ2v) is 10.7. The molecule has 2 aromatic heterocycles. The maximum Gasteiger partial charge on any atom is 0.254 e. The number of ether oxygens (including phenoxy) is 1. The molecule has 0 fully saturated rings. The van der Waals surface area contributed by atoms with E-state index in [1.807, 2.05) is 26.8 Å². The SMILES string of the molecule is CCc1nn2cc(Cl)ccc2c1C1=NN(CCCCOc2ccc(C3=NNC(=O)CC3)c(F)c2F)C(=O)C1(C)C.